The molecule has 4 rings (SSSR count). The van der Waals surface area contributed by atoms with Gasteiger partial charge >= 0.3 is 5.97 Å². The van der Waals surface area contributed by atoms with Crippen LogP contribution in [0.1, 0.15) is 44.0 Å². The number of aromatic carboxylic acids is 1. The van der Waals surface area contributed by atoms with Gasteiger partial charge in [-0.05, 0) is 42.3 Å². The number of aromatic nitrogens is 1. The van der Waals surface area contributed by atoms with E-state index in [-0.39, 0.29) is 36.5 Å². The lowest BCUT2D eigenvalue weighted by Gasteiger charge is -2.15. The van der Waals surface area contributed by atoms with Crippen molar-refractivity contribution in [2.24, 2.45) is 0 Å². The van der Waals surface area contributed by atoms with Gasteiger partial charge < -0.3 is 9.67 Å². The lowest BCUT2D eigenvalue weighted by molar-refractivity contribution is -0.119. The highest BCUT2D eigenvalue weighted by Gasteiger charge is 2.29. The molecule has 0 saturated carbocycles. The molecule has 1 aliphatic rings. The van der Waals surface area contributed by atoms with Crippen LogP contribution < -0.4 is 5.56 Å². The van der Waals surface area contributed by atoms with Crippen molar-refractivity contribution in [2.75, 3.05) is 0 Å². The first-order valence-electron chi connectivity index (χ1n) is 10.1. The topological polar surface area (TPSA) is 117 Å². The van der Waals surface area contributed by atoms with Gasteiger partial charge in [0.25, 0.3) is 5.56 Å². The number of ketones is 2. The number of pyridine rings is 1. The largest absolute Gasteiger partial charge is 0.478 e. The van der Waals surface area contributed by atoms with Gasteiger partial charge in [0, 0.05) is 46.3 Å². The third kappa shape index (κ3) is 4.34. The van der Waals surface area contributed by atoms with Crippen molar-refractivity contribution in [3.8, 4) is 17.2 Å². The first kappa shape index (κ1) is 22.2. The second kappa shape index (κ2) is 8.85. The first-order chi connectivity index (χ1) is 15.8. The molecular weight excluding hydrogens is 444 g/mol. The van der Waals surface area contributed by atoms with Gasteiger partial charge in [-0.3, -0.25) is 14.4 Å². The molecule has 0 bridgehead atoms. The Balaban J connectivity index is 1.70. The van der Waals surface area contributed by atoms with E-state index in [0.29, 0.717) is 45.0 Å². The van der Waals surface area contributed by atoms with E-state index in [4.69, 9.17) is 16.7 Å². The Labute approximate surface area is 193 Å². The van der Waals surface area contributed by atoms with Gasteiger partial charge in [-0.25, -0.2) is 4.79 Å². The highest BCUT2D eigenvalue weighted by atomic mass is 35.5. The Morgan fingerprint density at radius 3 is 2.42 bits per heavy atom. The van der Waals surface area contributed by atoms with Crippen molar-refractivity contribution in [3.63, 3.8) is 0 Å². The predicted octanol–water partition coefficient (Wildman–Crippen LogP) is 3.68. The Hall–Kier alpha value is -4.02. The van der Waals surface area contributed by atoms with Crippen molar-refractivity contribution < 1.29 is 19.5 Å². The van der Waals surface area contributed by atoms with Crippen molar-refractivity contribution in [2.45, 2.75) is 25.8 Å². The summed E-state index contributed by atoms with van der Waals surface area (Å²) in [5.74, 6) is -1.47. The number of nitriles is 1. The standard InChI is InChI=1S/C25H17ClN2O5/c26-17-6-5-16(12-27)19(10-17)20-11-23(31)28(21-7-8-22(30)24(20)21)13-18(29)9-14-1-3-15(4-2-14)25(32)33/h1-6,10-11H,7-9,13H2,(H,32,33). The lowest BCUT2D eigenvalue weighted by Crippen LogP contribution is -2.28. The molecule has 0 unspecified atom stereocenters. The van der Waals surface area contributed by atoms with Crippen LogP contribution in [0.4, 0.5) is 0 Å². The molecule has 164 valence electrons. The molecule has 0 spiro atoms. The second-order valence-corrected chi connectivity index (χ2v) is 8.18. The minimum atomic E-state index is -1.06. The maximum Gasteiger partial charge on any atom is 0.335 e. The van der Waals surface area contributed by atoms with E-state index in [9.17, 15) is 24.4 Å². The fraction of sp³-hybridized carbons (Fsp3) is 0.160. The monoisotopic (exact) mass is 460 g/mol. The van der Waals surface area contributed by atoms with E-state index in [1.54, 1.807) is 24.3 Å². The average molecular weight is 461 g/mol. The summed E-state index contributed by atoms with van der Waals surface area (Å²) < 4.78 is 1.31. The van der Waals surface area contributed by atoms with Crippen LogP contribution in [0.3, 0.4) is 0 Å². The van der Waals surface area contributed by atoms with Crippen LogP contribution in [0, 0.1) is 11.3 Å². The highest BCUT2D eigenvalue weighted by molar-refractivity contribution is 6.31. The van der Waals surface area contributed by atoms with Crippen LogP contribution in [0.25, 0.3) is 11.1 Å². The number of benzene rings is 2. The number of hydrogen-bond acceptors (Lipinski definition) is 5. The Bertz CT molecular complexity index is 1410. The molecule has 0 saturated heterocycles. The van der Waals surface area contributed by atoms with Crippen LogP contribution in [-0.4, -0.2) is 27.2 Å². The minimum absolute atomic E-state index is 0.0175. The SMILES string of the molecule is N#Cc1ccc(Cl)cc1-c1cc(=O)n(CC(=O)Cc2ccc(C(=O)O)cc2)c2c1C(=O)CC2. The van der Waals surface area contributed by atoms with Gasteiger partial charge in [-0.1, -0.05) is 23.7 Å². The zero-order chi connectivity index (χ0) is 23.7. The van der Waals surface area contributed by atoms with Gasteiger partial charge in [0.1, 0.15) is 0 Å². The number of hydrogen-bond donors (Lipinski definition) is 1. The third-order valence-corrected chi connectivity index (χ3v) is 5.85. The summed E-state index contributed by atoms with van der Waals surface area (Å²) in [5, 5.41) is 18.8. The summed E-state index contributed by atoms with van der Waals surface area (Å²) >= 11 is 6.10. The predicted molar refractivity (Wildman–Crippen MR) is 121 cm³/mol. The molecule has 0 amide bonds. The number of carboxylic acid groups (broad SMARTS) is 1. The van der Waals surface area contributed by atoms with Crippen molar-refractivity contribution in [3.05, 3.63) is 91.9 Å². The molecule has 1 aliphatic carbocycles. The smallest absolute Gasteiger partial charge is 0.335 e. The number of nitrogens with zero attached hydrogens (tertiary/aromatic N) is 2. The van der Waals surface area contributed by atoms with Gasteiger partial charge in [0.05, 0.1) is 23.7 Å². The molecule has 33 heavy (non-hydrogen) atoms. The van der Waals surface area contributed by atoms with Gasteiger partial charge in [-0.15, -0.1) is 0 Å². The van der Waals surface area contributed by atoms with E-state index in [1.807, 2.05) is 0 Å². The molecule has 7 nitrogen and oxygen atoms in total. The Kier molecular flexibility index (Phi) is 5.95. The fourth-order valence-corrected chi connectivity index (χ4v) is 4.24. The maximum atomic E-state index is 13.0. The van der Waals surface area contributed by atoms with Crippen molar-refractivity contribution in [1.82, 2.24) is 4.57 Å². The summed E-state index contributed by atoms with van der Waals surface area (Å²) in [4.78, 5) is 49.4. The third-order valence-electron chi connectivity index (χ3n) is 5.61. The van der Waals surface area contributed by atoms with E-state index in [0.717, 1.165) is 0 Å². The summed E-state index contributed by atoms with van der Waals surface area (Å²) in [7, 11) is 0. The Morgan fingerprint density at radius 2 is 1.76 bits per heavy atom. The van der Waals surface area contributed by atoms with Crippen molar-refractivity contribution >= 4 is 29.1 Å². The van der Waals surface area contributed by atoms with E-state index < -0.39 is 11.5 Å². The van der Waals surface area contributed by atoms with Gasteiger partial charge in [0.15, 0.2) is 11.6 Å². The summed E-state index contributed by atoms with van der Waals surface area (Å²) in [6.45, 7) is -0.212. The number of carbonyl (C=O) groups excluding carboxylic acids is 2. The molecule has 1 aromatic heterocycles. The zero-order valence-corrected chi connectivity index (χ0v) is 18.1. The molecular formula is C25H17ClN2O5. The van der Waals surface area contributed by atoms with Crippen molar-refractivity contribution in [1.29, 1.82) is 5.26 Å². The number of rotatable bonds is 6. The Morgan fingerprint density at radius 1 is 1.03 bits per heavy atom. The number of fused-ring (bicyclic) bond motifs is 1. The summed E-state index contributed by atoms with van der Waals surface area (Å²) in [6.07, 6.45) is 0.545. The second-order valence-electron chi connectivity index (χ2n) is 7.75. The molecule has 8 heteroatoms. The van der Waals surface area contributed by atoms with Crippen LogP contribution in [0.2, 0.25) is 5.02 Å². The van der Waals surface area contributed by atoms with E-state index in [1.165, 1.54) is 28.8 Å². The average Bonchev–Trinajstić information content (AvgIpc) is 3.17. The summed E-state index contributed by atoms with van der Waals surface area (Å²) in [5.41, 5.74) is 2.16. The van der Waals surface area contributed by atoms with Crippen LogP contribution in [0.5, 0.6) is 0 Å². The maximum absolute atomic E-state index is 13.0. The molecule has 0 atom stereocenters. The molecule has 3 aromatic rings. The number of halogens is 1. The summed E-state index contributed by atoms with van der Waals surface area (Å²) in [6, 6.07) is 13.9. The van der Waals surface area contributed by atoms with E-state index in [2.05, 4.69) is 6.07 Å². The number of carbonyl (C=O) groups is 3. The normalized spacial score (nSPS) is 12.3. The highest BCUT2D eigenvalue weighted by Crippen LogP contribution is 2.34. The molecule has 1 N–H and O–H groups in total. The number of Topliss-reactive ketones (excluding diaryl/α,β-unsaturated/α-hetero) is 2. The lowest BCUT2D eigenvalue weighted by atomic mass is 9.95. The zero-order valence-electron chi connectivity index (χ0n) is 17.3. The van der Waals surface area contributed by atoms with Crippen LogP contribution >= 0.6 is 11.6 Å². The number of carboxylic acids is 1. The first-order valence-corrected chi connectivity index (χ1v) is 10.5. The van der Waals surface area contributed by atoms with Crippen LogP contribution in [0.15, 0.2) is 53.3 Å². The molecule has 2 aromatic carbocycles. The molecule has 1 heterocycles. The quantitative estimate of drug-likeness (QED) is 0.599. The molecule has 0 aliphatic heterocycles. The minimum Gasteiger partial charge on any atom is -0.478 e. The molecule has 0 fully saturated rings. The van der Waals surface area contributed by atoms with Gasteiger partial charge in [-0.2, -0.15) is 5.26 Å². The van der Waals surface area contributed by atoms with Gasteiger partial charge in [0.2, 0.25) is 0 Å². The van der Waals surface area contributed by atoms with Crippen LogP contribution in [-0.2, 0) is 24.2 Å². The molecule has 0 radical (unpaired) electrons. The fourth-order valence-electron chi connectivity index (χ4n) is 4.07. The van der Waals surface area contributed by atoms with E-state index >= 15 is 0 Å².